The molecule has 2 aliphatic heterocycles. The van der Waals surface area contributed by atoms with Gasteiger partial charge in [0.25, 0.3) is 0 Å². The highest BCUT2D eigenvalue weighted by atomic mass is 35.5. The maximum Gasteiger partial charge on any atom is 0.341 e. The highest BCUT2D eigenvalue weighted by molar-refractivity contribution is 6.34. The monoisotopic (exact) mass is 574 g/mol. The summed E-state index contributed by atoms with van der Waals surface area (Å²) in [7, 11) is 1.69. The number of aromatic carboxylic acids is 1. The summed E-state index contributed by atoms with van der Waals surface area (Å²) in [5.41, 5.74) is 0.730. The summed E-state index contributed by atoms with van der Waals surface area (Å²) in [6.07, 6.45) is 6.69. The van der Waals surface area contributed by atoms with E-state index >= 15 is 0 Å². The topological polar surface area (TPSA) is 97.1 Å². The predicted octanol–water partition coefficient (Wildman–Crippen LogP) is 4.73. The van der Waals surface area contributed by atoms with Gasteiger partial charge in [0.1, 0.15) is 17.2 Å². The van der Waals surface area contributed by atoms with Crippen LogP contribution in [0.5, 0.6) is 5.88 Å². The van der Waals surface area contributed by atoms with Crippen molar-refractivity contribution < 1.29 is 19.4 Å². The highest BCUT2D eigenvalue weighted by Crippen LogP contribution is 2.37. The van der Waals surface area contributed by atoms with Crippen LogP contribution in [-0.4, -0.2) is 78.1 Å². The third-order valence-corrected chi connectivity index (χ3v) is 8.31. The van der Waals surface area contributed by atoms with Gasteiger partial charge in [0.05, 0.1) is 28.9 Å². The van der Waals surface area contributed by atoms with E-state index in [1.807, 2.05) is 10.6 Å². The van der Waals surface area contributed by atoms with Gasteiger partial charge in [-0.25, -0.2) is 9.78 Å². The van der Waals surface area contributed by atoms with E-state index in [2.05, 4.69) is 14.8 Å². The largest absolute Gasteiger partial charge is 0.477 e. The lowest BCUT2D eigenvalue weighted by Gasteiger charge is -2.34. The average molecular weight is 575 g/mol. The van der Waals surface area contributed by atoms with Crippen LogP contribution in [0.3, 0.4) is 0 Å². The Balaban J connectivity index is 1.48. The zero-order chi connectivity index (χ0) is 27.5. The van der Waals surface area contributed by atoms with Gasteiger partial charge in [0, 0.05) is 57.1 Å². The smallest absolute Gasteiger partial charge is 0.341 e. The number of ether oxygens (including phenoxy) is 2. The van der Waals surface area contributed by atoms with Crippen LogP contribution in [0.25, 0.3) is 10.9 Å². The molecule has 2 fully saturated rings. The summed E-state index contributed by atoms with van der Waals surface area (Å²) in [4.78, 5) is 33.9. The van der Waals surface area contributed by atoms with Crippen molar-refractivity contribution in [3.8, 4) is 5.88 Å². The molecule has 2 saturated heterocycles. The number of hydrogen-bond donors (Lipinski definition) is 1. The van der Waals surface area contributed by atoms with Crippen LogP contribution in [-0.2, 0) is 4.74 Å². The van der Waals surface area contributed by atoms with E-state index in [0.717, 1.165) is 57.5 Å². The molecule has 1 aromatic carbocycles. The fraction of sp³-hybridized carbons (Fsp3) is 0.464. The predicted molar refractivity (Wildman–Crippen MR) is 152 cm³/mol. The maximum atomic E-state index is 13.2. The number of fused-ring (bicyclic) bond motifs is 1. The van der Waals surface area contributed by atoms with Gasteiger partial charge >= 0.3 is 5.97 Å². The van der Waals surface area contributed by atoms with E-state index in [4.69, 9.17) is 32.7 Å². The van der Waals surface area contributed by atoms with E-state index in [9.17, 15) is 14.7 Å². The van der Waals surface area contributed by atoms with Crippen LogP contribution in [0.15, 0.2) is 41.5 Å². The Morgan fingerprint density at radius 1 is 1.15 bits per heavy atom. The summed E-state index contributed by atoms with van der Waals surface area (Å²) in [5, 5.41) is 11.0. The van der Waals surface area contributed by atoms with Crippen LogP contribution in [0.1, 0.15) is 42.1 Å². The second kappa shape index (κ2) is 12.1. The van der Waals surface area contributed by atoms with Gasteiger partial charge in [-0.2, -0.15) is 0 Å². The van der Waals surface area contributed by atoms with Crippen molar-refractivity contribution in [2.75, 3.05) is 51.4 Å². The number of halogens is 2. The van der Waals surface area contributed by atoms with Gasteiger partial charge in [0.15, 0.2) is 0 Å². The Morgan fingerprint density at radius 2 is 1.95 bits per heavy atom. The number of methoxy groups -OCH3 is 1. The quantitative estimate of drug-likeness (QED) is 0.391. The lowest BCUT2D eigenvalue weighted by Crippen LogP contribution is -2.37. The molecule has 0 amide bonds. The second-order valence-corrected chi connectivity index (χ2v) is 10.9. The van der Waals surface area contributed by atoms with Crippen molar-refractivity contribution >= 4 is 45.8 Å². The third kappa shape index (κ3) is 5.87. The molecule has 0 radical (unpaired) electrons. The molecule has 9 nitrogen and oxygen atoms in total. The summed E-state index contributed by atoms with van der Waals surface area (Å²) in [6, 6.07) is 7.16. The van der Waals surface area contributed by atoms with E-state index in [0.29, 0.717) is 40.0 Å². The van der Waals surface area contributed by atoms with Gasteiger partial charge in [0.2, 0.25) is 11.3 Å². The Bertz CT molecular complexity index is 1410. The molecule has 2 aliphatic rings. The number of piperidine rings is 1. The molecule has 5 rings (SSSR count). The van der Waals surface area contributed by atoms with E-state index < -0.39 is 11.4 Å². The van der Waals surface area contributed by atoms with Crippen LogP contribution in [0, 0.1) is 0 Å². The Labute approximate surface area is 236 Å². The minimum absolute atomic E-state index is 0.0421. The molecule has 1 atom stereocenters. The van der Waals surface area contributed by atoms with Gasteiger partial charge in [-0.3, -0.25) is 4.79 Å². The van der Waals surface area contributed by atoms with Gasteiger partial charge in [-0.15, -0.1) is 0 Å². The summed E-state index contributed by atoms with van der Waals surface area (Å²) < 4.78 is 13.1. The minimum Gasteiger partial charge on any atom is -0.477 e. The fourth-order valence-corrected chi connectivity index (χ4v) is 6.10. The molecule has 0 saturated carbocycles. The first-order chi connectivity index (χ1) is 18.9. The molecular weight excluding hydrogens is 543 g/mol. The van der Waals surface area contributed by atoms with Crippen molar-refractivity contribution in [2.45, 2.75) is 37.8 Å². The maximum absolute atomic E-state index is 13.2. The molecule has 0 aliphatic carbocycles. The van der Waals surface area contributed by atoms with Crippen LogP contribution < -0.4 is 15.1 Å². The first-order valence-electron chi connectivity index (χ1n) is 13.2. The average Bonchev–Trinajstić information content (AvgIpc) is 3.40. The molecule has 208 valence electrons. The molecule has 11 heteroatoms. The van der Waals surface area contributed by atoms with E-state index in [-0.39, 0.29) is 17.6 Å². The molecule has 0 spiro atoms. The lowest BCUT2D eigenvalue weighted by molar-refractivity contribution is 0.0694. The molecule has 4 heterocycles. The number of hydrogen-bond acceptors (Lipinski definition) is 7. The second-order valence-electron chi connectivity index (χ2n) is 10.1. The van der Waals surface area contributed by atoms with Crippen LogP contribution in [0.2, 0.25) is 10.0 Å². The van der Waals surface area contributed by atoms with Crippen LogP contribution >= 0.6 is 23.2 Å². The van der Waals surface area contributed by atoms with Crippen molar-refractivity contribution in [2.24, 2.45) is 0 Å². The number of carboxylic acids is 1. The lowest BCUT2D eigenvalue weighted by atomic mass is 10.0. The molecule has 2 aromatic heterocycles. The van der Waals surface area contributed by atoms with Crippen molar-refractivity contribution in [3.05, 3.63) is 62.5 Å². The number of pyridine rings is 2. The Kier molecular flexibility index (Phi) is 8.61. The molecular formula is C28H32Cl2N4O5. The standard InChI is InChI=1S/C28H32Cl2N4O5/c1-38-13-12-32-10-6-18(7-11-32)34-16-21(28(36)37)26(35)20-14-23(30)25(15-24(20)34)33-9-3-4-19(33)17-39-27-22(29)5-2-8-31-27/h2,5,8,14-16,18-19H,3-4,6-7,9-13,17H2,1H3,(H,36,37)/t19-/m1/s1. The molecule has 0 unspecified atom stereocenters. The number of carboxylic acid groups (broad SMARTS) is 1. The zero-order valence-corrected chi connectivity index (χ0v) is 23.3. The molecule has 0 bridgehead atoms. The van der Waals surface area contributed by atoms with E-state index in [1.54, 1.807) is 31.5 Å². The summed E-state index contributed by atoms with van der Waals surface area (Å²) >= 11 is 13.0. The number of nitrogens with zero attached hydrogens (tertiary/aromatic N) is 4. The summed E-state index contributed by atoms with van der Waals surface area (Å²) in [6.45, 7) is 4.43. The van der Waals surface area contributed by atoms with Gasteiger partial charge < -0.3 is 28.9 Å². The van der Waals surface area contributed by atoms with Gasteiger partial charge in [-0.1, -0.05) is 23.2 Å². The van der Waals surface area contributed by atoms with Gasteiger partial charge in [-0.05, 0) is 49.9 Å². The molecule has 39 heavy (non-hydrogen) atoms. The Hall–Kier alpha value is -2.85. The number of aromatic nitrogens is 2. The number of anilines is 1. The summed E-state index contributed by atoms with van der Waals surface area (Å²) in [5.74, 6) is -0.846. The van der Waals surface area contributed by atoms with Crippen molar-refractivity contribution in [1.29, 1.82) is 0 Å². The number of likely N-dealkylation sites (tertiary alicyclic amines) is 1. The first kappa shape index (κ1) is 27.7. The minimum atomic E-state index is -1.24. The van der Waals surface area contributed by atoms with Crippen molar-refractivity contribution in [3.63, 3.8) is 0 Å². The SMILES string of the molecule is COCCN1CCC(n2cc(C(=O)O)c(=O)c3cc(Cl)c(N4CCC[C@@H]4COc4ncccc4Cl)cc32)CC1. The number of rotatable bonds is 9. The van der Waals surface area contributed by atoms with Crippen LogP contribution in [0.4, 0.5) is 5.69 Å². The fourth-order valence-electron chi connectivity index (χ4n) is 5.65. The zero-order valence-electron chi connectivity index (χ0n) is 21.8. The third-order valence-electron chi connectivity index (χ3n) is 7.72. The first-order valence-corrected chi connectivity index (χ1v) is 14.0. The number of carbonyl (C=O) groups is 1. The Morgan fingerprint density at radius 3 is 2.67 bits per heavy atom. The number of benzene rings is 1. The normalized spacial score (nSPS) is 18.6. The van der Waals surface area contributed by atoms with Crippen molar-refractivity contribution in [1.82, 2.24) is 14.5 Å². The van der Waals surface area contributed by atoms with E-state index in [1.165, 1.54) is 6.20 Å². The highest BCUT2D eigenvalue weighted by Gasteiger charge is 2.30. The molecule has 3 aromatic rings. The molecule has 1 N–H and O–H groups in total.